The molecule has 0 aliphatic rings. The first kappa shape index (κ1) is 16.7. The van der Waals surface area contributed by atoms with E-state index in [1.807, 2.05) is 0 Å². The van der Waals surface area contributed by atoms with E-state index in [4.69, 9.17) is 0 Å². The molecule has 0 amide bonds. The lowest BCUT2D eigenvalue weighted by atomic mass is 10.1. The lowest BCUT2D eigenvalue weighted by Crippen LogP contribution is -3.00. The second-order valence-corrected chi connectivity index (χ2v) is 5.13. The highest BCUT2D eigenvalue weighted by molar-refractivity contribution is 5.70. The van der Waals surface area contributed by atoms with E-state index >= 15 is 0 Å². The van der Waals surface area contributed by atoms with Crippen LogP contribution < -0.4 is 28.5 Å². The van der Waals surface area contributed by atoms with Crippen LogP contribution >= 0.6 is 0 Å². The van der Waals surface area contributed by atoms with E-state index < -0.39 is 0 Å². The Labute approximate surface area is 149 Å². The summed E-state index contributed by atoms with van der Waals surface area (Å²) in [5.74, 6) is 0. The van der Waals surface area contributed by atoms with Crippen LogP contribution in [0.2, 0.25) is 0 Å². The fraction of sp³-hybridized carbons (Fsp3) is 0.100. The normalized spacial score (nSPS) is 10.8. The van der Waals surface area contributed by atoms with Crippen molar-refractivity contribution in [2.75, 3.05) is 6.54 Å². The molecule has 0 fully saturated rings. The standard InChI is InChI=1S/C20H20N.HI/c1-2-21(18-12-6-3-7-13-18,19-14-8-4-9-15-19)20-16-10-5-11-17-20;/h3-17H,2H2,1H3;1H/q+1;/p-1. The molecule has 0 spiro atoms. The highest BCUT2D eigenvalue weighted by atomic mass is 127. The number of rotatable bonds is 4. The fourth-order valence-electron chi connectivity index (χ4n) is 3.04. The summed E-state index contributed by atoms with van der Waals surface area (Å²) in [6.45, 7) is 3.21. The zero-order chi connectivity index (χ0) is 14.5. The monoisotopic (exact) mass is 401 g/mol. The molecule has 112 valence electrons. The molecule has 22 heavy (non-hydrogen) atoms. The van der Waals surface area contributed by atoms with Crippen LogP contribution in [0.5, 0.6) is 0 Å². The van der Waals surface area contributed by atoms with Gasteiger partial charge >= 0.3 is 0 Å². The van der Waals surface area contributed by atoms with Crippen LogP contribution in [0, 0.1) is 0 Å². The minimum absolute atomic E-state index is 0. The minimum atomic E-state index is 0. The van der Waals surface area contributed by atoms with E-state index in [2.05, 4.69) is 97.9 Å². The zero-order valence-corrected chi connectivity index (χ0v) is 14.9. The number of benzene rings is 3. The van der Waals surface area contributed by atoms with E-state index in [1.54, 1.807) is 0 Å². The number of hydrogen-bond donors (Lipinski definition) is 0. The van der Waals surface area contributed by atoms with Crippen LogP contribution in [0.15, 0.2) is 91.0 Å². The topological polar surface area (TPSA) is 0 Å². The molecule has 3 aromatic rings. The molecule has 0 atom stereocenters. The third-order valence-corrected chi connectivity index (χ3v) is 4.07. The Morgan fingerprint density at radius 2 is 0.818 bits per heavy atom. The summed E-state index contributed by atoms with van der Waals surface area (Å²) in [4.78, 5) is 0. The molecule has 0 aliphatic carbocycles. The Kier molecular flexibility index (Phi) is 5.75. The average Bonchev–Trinajstić information content (AvgIpc) is 2.59. The van der Waals surface area contributed by atoms with Crippen LogP contribution in [-0.2, 0) is 0 Å². The smallest absolute Gasteiger partial charge is 0.143 e. The lowest BCUT2D eigenvalue weighted by Gasteiger charge is -2.36. The second-order valence-electron chi connectivity index (χ2n) is 5.13. The highest BCUT2D eigenvalue weighted by Gasteiger charge is 2.33. The van der Waals surface area contributed by atoms with Crippen molar-refractivity contribution in [3.05, 3.63) is 91.0 Å². The number of halogens is 1. The fourth-order valence-corrected chi connectivity index (χ4v) is 3.04. The zero-order valence-electron chi connectivity index (χ0n) is 12.7. The Morgan fingerprint density at radius 3 is 1.05 bits per heavy atom. The molecule has 0 radical (unpaired) electrons. The molecule has 0 N–H and O–H groups in total. The van der Waals surface area contributed by atoms with Gasteiger partial charge in [0.05, 0.1) is 6.54 Å². The van der Waals surface area contributed by atoms with Gasteiger partial charge in [-0.2, -0.15) is 0 Å². The highest BCUT2D eigenvalue weighted by Crippen LogP contribution is 2.42. The molecular weight excluding hydrogens is 381 g/mol. The molecule has 3 rings (SSSR count). The van der Waals surface area contributed by atoms with E-state index in [9.17, 15) is 0 Å². The van der Waals surface area contributed by atoms with Crippen molar-refractivity contribution in [3.8, 4) is 0 Å². The van der Waals surface area contributed by atoms with Crippen LogP contribution in [-0.4, -0.2) is 6.54 Å². The predicted octanol–water partition coefficient (Wildman–Crippen LogP) is 2.68. The predicted molar refractivity (Wildman–Crippen MR) is 91.0 cm³/mol. The van der Waals surface area contributed by atoms with Crippen molar-refractivity contribution in [1.82, 2.24) is 4.48 Å². The van der Waals surface area contributed by atoms with Crippen molar-refractivity contribution in [2.24, 2.45) is 0 Å². The van der Waals surface area contributed by atoms with Crippen LogP contribution in [0.1, 0.15) is 6.92 Å². The summed E-state index contributed by atoms with van der Waals surface area (Å²) in [5.41, 5.74) is 3.87. The van der Waals surface area contributed by atoms with Gasteiger partial charge in [-0.3, -0.25) is 0 Å². The molecule has 0 bridgehead atoms. The second kappa shape index (κ2) is 7.56. The first-order valence-corrected chi connectivity index (χ1v) is 7.43. The van der Waals surface area contributed by atoms with E-state index in [-0.39, 0.29) is 24.0 Å². The molecule has 0 aromatic heterocycles. The van der Waals surface area contributed by atoms with Gasteiger partial charge in [-0.25, -0.2) is 4.48 Å². The average molecular weight is 401 g/mol. The van der Waals surface area contributed by atoms with Gasteiger partial charge < -0.3 is 24.0 Å². The number of para-hydroxylation sites is 3. The minimum Gasteiger partial charge on any atom is -1.00 e. The van der Waals surface area contributed by atoms with Crippen molar-refractivity contribution in [1.29, 1.82) is 0 Å². The quantitative estimate of drug-likeness (QED) is 0.466. The van der Waals surface area contributed by atoms with Gasteiger partial charge in [0.1, 0.15) is 17.1 Å². The van der Waals surface area contributed by atoms with Gasteiger partial charge in [0, 0.05) is 0 Å². The molecular formula is C20H20IN. The van der Waals surface area contributed by atoms with E-state index in [0.717, 1.165) is 11.0 Å². The maximum absolute atomic E-state index is 2.24. The van der Waals surface area contributed by atoms with Crippen LogP contribution in [0.3, 0.4) is 0 Å². The van der Waals surface area contributed by atoms with Crippen molar-refractivity contribution in [2.45, 2.75) is 6.92 Å². The third-order valence-electron chi connectivity index (χ3n) is 4.07. The summed E-state index contributed by atoms with van der Waals surface area (Å²) < 4.78 is 0.739. The van der Waals surface area contributed by atoms with Gasteiger partial charge in [0.25, 0.3) is 0 Å². The first-order chi connectivity index (χ1) is 10.4. The lowest BCUT2D eigenvalue weighted by molar-refractivity contribution is -0.00000416. The molecule has 0 unspecified atom stereocenters. The number of hydrogen-bond acceptors (Lipinski definition) is 0. The van der Waals surface area contributed by atoms with Gasteiger partial charge in [-0.15, -0.1) is 0 Å². The SMILES string of the molecule is CC[N+](c1ccccc1)(c1ccccc1)c1ccccc1.[I-]. The maximum Gasteiger partial charge on any atom is 0.143 e. The summed E-state index contributed by atoms with van der Waals surface area (Å²) in [7, 11) is 0. The van der Waals surface area contributed by atoms with Gasteiger partial charge in [-0.1, -0.05) is 54.6 Å². The first-order valence-electron chi connectivity index (χ1n) is 7.43. The van der Waals surface area contributed by atoms with Gasteiger partial charge in [0.15, 0.2) is 0 Å². The Hall–Kier alpha value is -1.65. The van der Waals surface area contributed by atoms with Crippen molar-refractivity contribution < 1.29 is 24.0 Å². The maximum atomic E-state index is 2.24. The molecule has 0 saturated carbocycles. The summed E-state index contributed by atoms with van der Waals surface area (Å²) >= 11 is 0. The summed E-state index contributed by atoms with van der Waals surface area (Å²) in [6, 6.07) is 32.2. The van der Waals surface area contributed by atoms with Crippen molar-refractivity contribution in [3.63, 3.8) is 0 Å². The Bertz CT molecular complexity index is 584. The Morgan fingerprint density at radius 1 is 0.545 bits per heavy atom. The molecule has 3 aromatic carbocycles. The van der Waals surface area contributed by atoms with Crippen molar-refractivity contribution >= 4 is 17.1 Å². The molecule has 1 nitrogen and oxygen atoms in total. The summed E-state index contributed by atoms with van der Waals surface area (Å²) in [6.07, 6.45) is 0. The molecule has 0 heterocycles. The van der Waals surface area contributed by atoms with E-state index in [1.165, 1.54) is 17.1 Å². The van der Waals surface area contributed by atoms with E-state index in [0.29, 0.717) is 0 Å². The molecule has 0 saturated heterocycles. The molecule has 2 heteroatoms. The molecule has 0 aliphatic heterocycles. The van der Waals surface area contributed by atoms with Crippen LogP contribution in [0.25, 0.3) is 0 Å². The summed E-state index contributed by atoms with van der Waals surface area (Å²) in [5, 5.41) is 0. The Balaban J connectivity index is 0.00000176. The van der Waals surface area contributed by atoms with Gasteiger partial charge in [0.2, 0.25) is 0 Å². The van der Waals surface area contributed by atoms with Crippen LogP contribution in [0.4, 0.5) is 17.1 Å². The third kappa shape index (κ3) is 2.94. The largest absolute Gasteiger partial charge is 1.00 e. The number of nitrogens with zero attached hydrogens (tertiary/aromatic N) is 1. The van der Waals surface area contributed by atoms with Gasteiger partial charge in [-0.05, 0) is 43.3 Å². The number of quaternary nitrogens is 1.